The predicted octanol–water partition coefficient (Wildman–Crippen LogP) is -0.129. The van der Waals surface area contributed by atoms with Crippen molar-refractivity contribution in [2.75, 3.05) is 0 Å². The van der Waals surface area contributed by atoms with Crippen LogP contribution in [0.2, 0.25) is 0 Å². The molecule has 0 saturated heterocycles. The molecule has 0 fully saturated rings. The minimum atomic E-state index is -1.05. The van der Waals surface area contributed by atoms with E-state index in [1.54, 1.807) is 0 Å². The number of amides is 1. The number of phenols is 3. The lowest BCUT2D eigenvalue weighted by atomic mass is 10.1. The Bertz CT molecular complexity index is 365. The average molecular weight is 213 g/mol. The fourth-order valence-corrected chi connectivity index (χ4v) is 1.01. The Kier molecular flexibility index (Phi) is 3.01. The first-order valence-electron chi connectivity index (χ1n) is 4.15. The number of phenolic OH excluding ortho intramolecular Hbond substituents is 3. The van der Waals surface area contributed by atoms with Crippen LogP contribution < -0.4 is 5.32 Å². The molecule has 1 atom stereocenters. The Morgan fingerprint density at radius 1 is 1.27 bits per heavy atom. The number of aliphatic hydroxyl groups excluding tert-OH is 1. The Labute approximate surface area is 85.4 Å². The van der Waals surface area contributed by atoms with Gasteiger partial charge in [-0.2, -0.15) is 0 Å². The van der Waals surface area contributed by atoms with Crippen molar-refractivity contribution >= 4 is 5.91 Å². The Balaban J connectivity index is 3.01. The molecular formula is C9H11NO5. The summed E-state index contributed by atoms with van der Waals surface area (Å²) in [5, 5.41) is 38.3. The molecule has 0 aliphatic carbocycles. The Hall–Kier alpha value is -1.95. The van der Waals surface area contributed by atoms with Gasteiger partial charge in [-0.1, -0.05) is 0 Å². The first kappa shape index (κ1) is 11.1. The SMILES string of the molecule is CC(O)NC(=O)c1cc(O)c(O)c(O)c1. The van der Waals surface area contributed by atoms with Gasteiger partial charge in [0.2, 0.25) is 0 Å². The molecule has 1 aromatic rings. The van der Waals surface area contributed by atoms with E-state index in [1.165, 1.54) is 6.92 Å². The van der Waals surface area contributed by atoms with Crippen LogP contribution in [0.25, 0.3) is 0 Å². The van der Waals surface area contributed by atoms with Gasteiger partial charge in [0.1, 0.15) is 6.23 Å². The zero-order valence-electron chi connectivity index (χ0n) is 7.93. The summed E-state index contributed by atoms with van der Waals surface area (Å²) < 4.78 is 0. The summed E-state index contributed by atoms with van der Waals surface area (Å²) in [5.41, 5.74) is -0.0660. The highest BCUT2D eigenvalue weighted by molar-refractivity contribution is 5.95. The van der Waals surface area contributed by atoms with Crippen molar-refractivity contribution in [3.8, 4) is 17.2 Å². The lowest BCUT2D eigenvalue weighted by molar-refractivity contribution is 0.0818. The van der Waals surface area contributed by atoms with E-state index in [0.717, 1.165) is 12.1 Å². The lowest BCUT2D eigenvalue weighted by Gasteiger charge is -2.08. The summed E-state index contributed by atoms with van der Waals surface area (Å²) in [6.45, 7) is 1.35. The molecule has 0 saturated carbocycles. The molecule has 0 aromatic heterocycles. The second-order valence-corrected chi connectivity index (χ2v) is 3.01. The first-order valence-corrected chi connectivity index (χ1v) is 4.15. The monoisotopic (exact) mass is 213 g/mol. The molecule has 5 N–H and O–H groups in total. The lowest BCUT2D eigenvalue weighted by Crippen LogP contribution is -2.31. The summed E-state index contributed by atoms with van der Waals surface area (Å²) in [6, 6.07) is 1.96. The predicted molar refractivity (Wildman–Crippen MR) is 50.6 cm³/mol. The van der Waals surface area contributed by atoms with Crippen molar-refractivity contribution < 1.29 is 25.2 Å². The van der Waals surface area contributed by atoms with E-state index in [0.29, 0.717) is 0 Å². The molecule has 1 aromatic carbocycles. The minimum absolute atomic E-state index is 0.0660. The smallest absolute Gasteiger partial charge is 0.253 e. The quantitative estimate of drug-likeness (QED) is 0.347. The zero-order chi connectivity index (χ0) is 11.6. The summed E-state index contributed by atoms with van der Waals surface area (Å²) >= 11 is 0. The fraction of sp³-hybridized carbons (Fsp3) is 0.222. The summed E-state index contributed by atoms with van der Waals surface area (Å²) in [6.07, 6.45) is -1.05. The van der Waals surface area contributed by atoms with Gasteiger partial charge in [0.25, 0.3) is 5.91 Å². The van der Waals surface area contributed by atoms with E-state index in [4.69, 9.17) is 20.4 Å². The molecule has 0 spiro atoms. The Morgan fingerprint density at radius 3 is 2.13 bits per heavy atom. The number of rotatable bonds is 2. The number of carbonyl (C=O) groups is 1. The molecule has 1 amide bonds. The van der Waals surface area contributed by atoms with E-state index >= 15 is 0 Å². The highest BCUT2D eigenvalue weighted by Gasteiger charge is 2.13. The highest BCUT2D eigenvalue weighted by Crippen LogP contribution is 2.35. The van der Waals surface area contributed by atoms with Crippen LogP contribution in [0.15, 0.2) is 12.1 Å². The van der Waals surface area contributed by atoms with Crippen molar-refractivity contribution in [3.63, 3.8) is 0 Å². The van der Waals surface area contributed by atoms with Crippen molar-refractivity contribution in [3.05, 3.63) is 17.7 Å². The van der Waals surface area contributed by atoms with Crippen LogP contribution >= 0.6 is 0 Å². The molecule has 6 heteroatoms. The number of nitrogens with one attached hydrogen (secondary N) is 1. The van der Waals surface area contributed by atoms with E-state index in [2.05, 4.69) is 5.32 Å². The van der Waals surface area contributed by atoms with Crippen LogP contribution in [-0.2, 0) is 0 Å². The molecule has 0 bridgehead atoms. The molecule has 82 valence electrons. The van der Waals surface area contributed by atoms with Gasteiger partial charge in [0.05, 0.1) is 0 Å². The third-order valence-electron chi connectivity index (χ3n) is 1.67. The molecule has 1 rings (SSSR count). The van der Waals surface area contributed by atoms with E-state index in [-0.39, 0.29) is 5.56 Å². The average Bonchev–Trinajstić information content (AvgIpc) is 2.12. The number of hydrogen-bond acceptors (Lipinski definition) is 5. The van der Waals surface area contributed by atoms with Crippen LogP contribution in [0.5, 0.6) is 17.2 Å². The number of hydrogen-bond donors (Lipinski definition) is 5. The van der Waals surface area contributed by atoms with Crippen LogP contribution in [0, 0.1) is 0 Å². The van der Waals surface area contributed by atoms with Gasteiger partial charge in [-0.05, 0) is 19.1 Å². The second kappa shape index (κ2) is 4.05. The molecular weight excluding hydrogens is 202 g/mol. The minimum Gasteiger partial charge on any atom is -0.504 e. The van der Waals surface area contributed by atoms with Crippen LogP contribution in [-0.4, -0.2) is 32.6 Å². The van der Waals surface area contributed by atoms with E-state index < -0.39 is 29.4 Å². The third kappa shape index (κ3) is 2.50. The number of aromatic hydroxyl groups is 3. The summed E-state index contributed by atoms with van der Waals surface area (Å²) in [5.74, 6) is -2.57. The van der Waals surface area contributed by atoms with Gasteiger partial charge in [-0.15, -0.1) is 0 Å². The van der Waals surface area contributed by atoms with Gasteiger partial charge in [-0.3, -0.25) is 4.79 Å². The maximum absolute atomic E-state index is 11.3. The van der Waals surface area contributed by atoms with Crippen LogP contribution in [0.3, 0.4) is 0 Å². The van der Waals surface area contributed by atoms with Gasteiger partial charge in [-0.25, -0.2) is 0 Å². The third-order valence-corrected chi connectivity index (χ3v) is 1.67. The van der Waals surface area contributed by atoms with Gasteiger partial charge < -0.3 is 25.7 Å². The van der Waals surface area contributed by atoms with Crippen LogP contribution in [0.1, 0.15) is 17.3 Å². The fourth-order valence-electron chi connectivity index (χ4n) is 1.01. The van der Waals surface area contributed by atoms with Gasteiger partial charge >= 0.3 is 0 Å². The molecule has 0 aliphatic heterocycles. The molecule has 0 aliphatic rings. The molecule has 6 nitrogen and oxygen atoms in total. The number of aliphatic hydroxyl groups is 1. The van der Waals surface area contributed by atoms with E-state index in [9.17, 15) is 4.79 Å². The molecule has 15 heavy (non-hydrogen) atoms. The molecule has 0 radical (unpaired) electrons. The molecule has 0 heterocycles. The van der Waals surface area contributed by atoms with Crippen LogP contribution in [0.4, 0.5) is 0 Å². The maximum atomic E-state index is 11.3. The standard InChI is InChI=1S/C9H11NO5/c1-4(11)10-9(15)5-2-6(12)8(14)7(13)3-5/h2-4,11-14H,1H3,(H,10,15). The second-order valence-electron chi connectivity index (χ2n) is 3.01. The van der Waals surface area contributed by atoms with Gasteiger partial charge in [0.15, 0.2) is 17.2 Å². The Morgan fingerprint density at radius 2 is 1.73 bits per heavy atom. The highest BCUT2D eigenvalue weighted by atomic mass is 16.3. The van der Waals surface area contributed by atoms with Crippen molar-refractivity contribution in [1.82, 2.24) is 5.32 Å². The zero-order valence-corrected chi connectivity index (χ0v) is 7.93. The maximum Gasteiger partial charge on any atom is 0.253 e. The topological polar surface area (TPSA) is 110 Å². The summed E-state index contributed by atoms with van der Waals surface area (Å²) in [7, 11) is 0. The van der Waals surface area contributed by atoms with Crippen molar-refractivity contribution in [2.45, 2.75) is 13.2 Å². The summed E-state index contributed by atoms with van der Waals surface area (Å²) in [4.78, 5) is 11.3. The number of carbonyl (C=O) groups excluding carboxylic acids is 1. The first-order chi connectivity index (χ1) is 6.91. The van der Waals surface area contributed by atoms with Crippen molar-refractivity contribution in [1.29, 1.82) is 0 Å². The largest absolute Gasteiger partial charge is 0.504 e. The van der Waals surface area contributed by atoms with Crippen molar-refractivity contribution in [2.24, 2.45) is 0 Å². The molecule has 1 unspecified atom stereocenters. The van der Waals surface area contributed by atoms with Gasteiger partial charge in [0, 0.05) is 5.56 Å². The normalized spacial score (nSPS) is 12.1. The van der Waals surface area contributed by atoms with E-state index in [1.807, 2.05) is 0 Å². The number of benzene rings is 1.